The summed E-state index contributed by atoms with van der Waals surface area (Å²) in [5.74, 6) is 0.256. The van der Waals surface area contributed by atoms with Gasteiger partial charge in [-0.2, -0.15) is 0 Å². The van der Waals surface area contributed by atoms with Crippen LogP contribution in [0.3, 0.4) is 0 Å². The fourth-order valence-corrected chi connectivity index (χ4v) is 1.43. The summed E-state index contributed by atoms with van der Waals surface area (Å²) in [6.07, 6.45) is 0. The number of carbonyl (C=O) groups excluding carboxylic acids is 2. The van der Waals surface area contributed by atoms with Crippen molar-refractivity contribution in [2.75, 3.05) is 5.73 Å². The van der Waals surface area contributed by atoms with Gasteiger partial charge in [-0.1, -0.05) is 0 Å². The molecule has 5 heteroatoms. The van der Waals surface area contributed by atoms with Gasteiger partial charge in [-0.25, -0.2) is 4.79 Å². The van der Waals surface area contributed by atoms with E-state index in [1.165, 1.54) is 24.3 Å². The van der Waals surface area contributed by atoms with E-state index in [0.717, 1.165) is 0 Å². The smallest absolute Gasteiger partial charge is 0.343 e. The number of hydrogen-bond donors (Lipinski definition) is 1. The molecule has 2 N–H and O–H groups in total. The molecule has 5 nitrogen and oxygen atoms in total. The monoisotopic (exact) mass is 257 g/mol. The number of nitrogens with two attached hydrogens (primary N) is 1. The molecular formula is C14H11NO4. The molecule has 96 valence electrons. The molecule has 0 saturated heterocycles. The van der Waals surface area contributed by atoms with Crippen molar-refractivity contribution in [1.82, 2.24) is 0 Å². The second-order valence-corrected chi connectivity index (χ2v) is 3.70. The maximum absolute atomic E-state index is 11.8. The fourth-order valence-electron chi connectivity index (χ4n) is 1.43. The summed E-state index contributed by atoms with van der Waals surface area (Å²) in [6.45, 7) is 0.329. The standard InChI is InChI=1S/C14H11NO4/c15-11-3-1-10(2-4-11)14(17)19-13-7-5-12(6-8-13)18-9-16/h1-9H,15H2. The topological polar surface area (TPSA) is 78.6 Å². The minimum absolute atomic E-state index is 0.329. The molecule has 0 aliphatic heterocycles. The first kappa shape index (κ1) is 12.6. The van der Waals surface area contributed by atoms with Crippen molar-refractivity contribution in [3.8, 4) is 11.5 Å². The Hall–Kier alpha value is -2.82. The van der Waals surface area contributed by atoms with Gasteiger partial charge in [0.1, 0.15) is 11.5 Å². The third-order valence-electron chi connectivity index (χ3n) is 2.36. The molecule has 0 aliphatic carbocycles. The van der Waals surface area contributed by atoms with Crippen LogP contribution in [-0.2, 0) is 4.79 Å². The van der Waals surface area contributed by atoms with E-state index in [0.29, 0.717) is 29.2 Å². The lowest BCUT2D eigenvalue weighted by Gasteiger charge is -2.05. The number of ether oxygens (including phenoxy) is 2. The van der Waals surface area contributed by atoms with E-state index < -0.39 is 5.97 Å². The van der Waals surface area contributed by atoms with Crippen molar-refractivity contribution in [2.24, 2.45) is 0 Å². The Bertz CT molecular complexity index is 575. The molecule has 0 atom stereocenters. The zero-order valence-corrected chi connectivity index (χ0v) is 9.91. The fraction of sp³-hybridized carbons (Fsp3) is 0. The molecule has 2 aromatic rings. The highest BCUT2D eigenvalue weighted by atomic mass is 16.5. The highest BCUT2D eigenvalue weighted by molar-refractivity contribution is 5.91. The van der Waals surface area contributed by atoms with Crippen LogP contribution in [0.5, 0.6) is 11.5 Å². The Morgan fingerprint density at radius 3 is 2.11 bits per heavy atom. The maximum atomic E-state index is 11.8. The summed E-state index contributed by atoms with van der Waals surface area (Å²) < 4.78 is 9.78. The molecule has 19 heavy (non-hydrogen) atoms. The first-order valence-electron chi connectivity index (χ1n) is 5.47. The lowest BCUT2D eigenvalue weighted by molar-refractivity contribution is -0.120. The molecule has 0 amide bonds. The van der Waals surface area contributed by atoms with Gasteiger partial charge in [0.25, 0.3) is 6.47 Å². The number of esters is 1. The number of anilines is 1. The van der Waals surface area contributed by atoms with E-state index in [2.05, 4.69) is 4.74 Å². The second-order valence-electron chi connectivity index (χ2n) is 3.70. The average molecular weight is 257 g/mol. The molecule has 2 rings (SSSR count). The van der Waals surface area contributed by atoms with Crippen LogP contribution in [0.2, 0.25) is 0 Å². The van der Waals surface area contributed by atoms with Gasteiger partial charge in [-0.15, -0.1) is 0 Å². The van der Waals surface area contributed by atoms with Crippen LogP contribution in [0.1, 0.15) is 10.4 Å². The summed E-state index contributed by atoms with van der Waals surface area (Å²) in [6, 6.07) is 12.5. The summed E-state index contributed by atoms with van der Waals surface area (Å²) in [4.78, 5) is 21.9. The van der Waals surface area contributed by atoms with Gasteiger partial charge in [0.05, 0.1) is 5.56 Å². The van der Waals surface area contributed by atoms with Crippen molar-refractivity contribution in [3.63, 3.8) is 0 Å². The number of rotatable bonds is 4. The van der Waals surface area contributed by atoms with E-state index in [9.17, 15) is 9.59 Å². The molecule has 0 spiro atoms. The Balaban J connectivity index is 2.06. The predicted molar refractivity (Wildman–Crippen MR) is 68.9 cm³/mol. The maximum Gasteiger partial charge on any atom is 0.343 e. The summed E-state index contributed by atoms with van der Waals surface area (Å²) in [7, 11) is 0. The molecule has 0 radical (unpaired) electrons. The molecule has 0 heterocycles. The highest BCUT2D eigenvalue weighted by Gasteiger charge is 2.08. The Morgan fingerprint density at radius 1 is 0.947 bits per heavy atom. The lowest BCUT2D eigenvalue weighted by atomic mass is 10.2. The van der Waals surface area contributed by atoms with Crippen LogP contribution >= 0.6 is 0 Å². The van der Waals surface area contributed by atoms with Gasteiger partial charge in [0, 0.05) is 5.69 Å². The van der Waals surface area contributed by atoms with Crippen LogP contribution in [0.25, 0.3) is 0 Å². The van der Waals surface area contributed by atoms with E-state index in [4.69, 9.17) is 10.5 Å². The van der Waals surface area contributed by atoms with Crippen molar-refractivity contribution >= 4 is 18.1 Å². The molecule has 2 aromatic carbocycles. The number of hydrogen-bond acceptors (Lipinski definition) is 5. The van der Waals surface area contributed by atoms with Gasteiger partial charge in [-0.05, 0) is 48.5 Å². The van der Waals surface area contributed by atoms with Crippen molar-refractivity contribution in [3.05, 3.63) is 54.1 Å². The van der Waals surface area contributed by atoms with Gasteiger partial charge >= 0.3 is 5.97 Å². The minimum Gasteiger partial charge on any atom is -0.429 e. The van der Waals surface area contributed by atoms with Crippen LogP contribution in [0.4, 0.5) is 5.69 Å². The summed E-state index contributed by atoms with van der Waals surface area (Å²) in [5.41, 5.74) is 6.51. The minimum atomic E-state index is -0.482. The van der Waals surface area contributed by atoms with E-state index in [1.807, 2.05) is 0 Å². The first-order chi connectivity index (χ1) is 9.19. The zero-order valence-electron chi connectivity index (χ0n) is 9.91. The van der Waals surface area contributed by atoms with E-state index >= 15 is 0 Å². The van der Waals surface area contributed by atoms with E-state index in [-0.39, 0.29) is 0 Å². The first-order valence-corrected chi connectivity index (χ1v) is 5.47. The molecule has 0 saturated carbocycles. The van der Waals surface area contributed by atoms with Crippen LogP contribution in [0, 0.1) is 0 Å². The molecular weight excluding hydrogens is 246 g/mol. The van der Waals surface area contributed by atoms with Gasteiger partial charge in [0.2, 0.25) is 0 Å². The molecule has 0 bridgehead atoms. The third kappa shape index (κ3) is 3.32. The summed E-state index contributed by atoms with van der Waals surface area (Å²) in [5, 5.41) is 0. The van der Waals surface area contributed by atoms with Gasteiger partial charge in [0.15, 0.2) is 0 Å². The number of carbonyl (C=O) groups is 2. The quantitative estimate of drug-likeness (QED) is 0.392. The van der Waals surface area contributed by atoms with Crippen LogP contribution < -0.4 is 15.2 Å². The highest BCUT2D eigenvalue weighted by Crippen LogP contribution is 2.18. The van der Waals surface area contributed by atoms with Crippen molar-refractivity contribution in [1.29, 1.82) is 0 Å². The molecule has 0 unspecified atom stereocenters. The molecule has 0 aliphatic rings. The zero-order chi connectivity index (χ0) is 13.7. The molecule has 0 fully saturated rings. The largest absolute Gasteiger partial charge is 0.429 e. The Labute approximate surface area is 109 Å². The Morgan fingerprint density at radius 2 is 1.53 bits per heavy atom. The van der Waals surface area contributed by atoms with Gasteiger partial charge < -0.3 is 15.2 Å². The lowest BCUT2D eigenvalue weighted by Crippen LogP contribution is -2.08. The predicted octanol–water partition coefficient (Wildman–Crippen LogP) is 2.02. The number of benzene rings is 2. The van der Waals surface area contributed by atoms with Crippen molar-refractivity contribution in [2.45, 2.75) is 0 Å². The summed E-state index contributed by atoms with van der Waals surface area (Å²) >= 11 is 0. The third-order valence-corrected chi connectivity index (χ3v) is 2.36. The Kier molecular flexibility index (Phi) is 3.78. The van der Waals surface area contributed by atoms with Gasteiger partial charge in [-0.3, -0.25) is 4.79 Å². The molecule has 0 aromatic heterocycles. The normalized spacial score (nSPS) is 9.68. The van der Waals surface area contributed by atoms with Crippen molar-refractivity contribution < 1.29 is 19.1 Å². The van der Waals surface area contributed by atoms with Crippen LogP contribution in [-0.4, -0.2) is 12.4 Å². The van der Waals surface area contributed by atoms with E-state index in [1.54, 1.807) is 24.3 Å². The average Bonchev–Trinajstić information content (AvgIpc) is 2.42. The number of nitrogen functional groups attached to an aromatic ring is 1. The second kappa shape index (κ2) is 5.68. The SMILES string of the molecule is Nc1ccc(C(=O)Oc2ccc(OC=O)cc2)cc1. The van der Waals surface area contributed by atoms with Crippen LogP contribution in [0.15, 0.2) is 48.5 Å².